The second-order valence-corrected chi connectivity index (χ2v) is 2.07. The van der Waals surface area contributed by atoms with E-state index in [1.165, 1.54) is 6.21 Å². The molecule has 50 valence electrons. The van der Waals surface area contributed by atoms with Crippen molar-refractivity contribution in [1.29, 1.82) is 0 Å². The van der Waals surface area contributed by atoms with Crippen LogP contribution in [0.5, 0.6) is 0 Å². The molecule has 3 N–H and O–H groups in total. The number of nitrogens with zero attached hydrogens (tertiary/aromatic N) is 1. The number of hydrogen-bond donors (Lipinski definition) is 2. The molecule has 0 spiro atoms. The molecular formula is C4H11ClN2O. The van der Waals surface area contributed by atoms with Crippen molar-refractivity contribution in [1.82, 2.24) is 0 Å². The van der Waals surface area contributed by atoms with Crippen LogP contribution in [0.3, 0.4) is 0 Å². The topological polar surface area (TPSA) is 58.6 Å². The van der Waals surface area contributed by atoms with Crippen molar-refractivity contribution in [3.8, 4) is 0 Å². The van der Waals surface area contributed by atoms with E-state index in [9.17, 15) is 0 Å². The minimum Gasteiger partial charge on any atom is -0.411 e. The Hall–Kier alpha value is -0.280. The van der Waals surface area contributed by atoms with E-state index in [1.807, 2.05) is 0 Å². The highest BCUT2D eigenvalue weighted by molar-refractivity contribution is 5.85. The molecule has 0 amide bonds. The number of halogens is 1. The summed E-state index contributed by atoms with van der Waals surface area (Å²) in [5.41, 5.74) is 4.85. The largest absolute Gasteiger partial charge is 0.411 e. The highest BCUT2D eigenvalue weighted by atomic mass is 35.5. The number of rotatable bonds is 1. The minimum absolute atomic E-state index is 0. The molecule has 3 nitrogen and oxygen atoms in total. The van der Waals surface area contributed by atoms with E-state index >= 15 is 0 Å². The van der Waals surface area contributed by atoms with Crippen LogP contribution in [0.15, 0.2) is 5.16 Å². The molecule has 0 bridgehead atoms. The summed E-state index contributed by atoms with van der Waals surface area (Å²) in [6.07, 6.45) is 1.27. The van der Waals surface area contributed by atoms with Crippen molar-refractivity contribution in [3.63, 3.8) is 0 Å². The van der Waals surface area contributed by atoms with Gasteiger partial charge in [-0.25, -0.2) is 0 Å². The lowest BCUT2D eigenvalue weighted by Gasteiger charge is -2.07. The fourth-order valence-corrected chi connectivity index (χ4v) is 0.149. The van der Waals surface area contributed by atoms with Crippen molar-refractivity contribution in [3.05, 3.63) is 0 Å². The van der Waals surface area contributed by atoms with E-state index in [0.29, 0.717) is 0 Å². The van der Waals surface area contributed by atoms with Crippen LogP contribution in [-0.4, -0.2) is 17.0 Å². The van der Waals surface area contributed by atoms with E-state index < -0.39 is 5.54 Å². The molecule has 4 heteroatoms. The Labute approximate surface area is 55.0 Å². The van der Waals surface area contributed by atoms with Crippen LogP contribution in [0.2, 0.25) is 0 Å². The molecule has 0 rings (SSSR count). The second-order valence-electron chi connectivity index (χ2n) is 2.07. The summed E-state index contributed by atoms with van der Waals surface area (Å²) in [7, 11) is 0. The van der Waals surface area contributed by atoms with E-state index in [4.69, 9.17) is 10.9 Å². The van der Waals surface area contributed by atoms with Gasteiger partial charge in [0.25, 0.3) is 0 Å². The average molecular weight is 139 g/mol. The summed E-state index contributed by atoms with van der Waals surface area (Å²) in [4.78, 5) is 0. The average Bonchev–Trinajstić information content (AvgIpc) is 1.30. The standard InChI is InChI=1S/C4H10N2O.ClH/c1-4(2,5)3-6-7;/h3,7H,5H2,1-2H3;1H. The van der Waals surface area contributed by atoms with Crippen LogP contribution in [-0.2, 0) is 0 Å². The molecule has 0 aromatic carbocycles. The van der Waals surface area contributed by atoms with Gasteiger partial charge in [0, 0.05) is 5.54 Å². The van der Waals surface area contributed by atoms with Crippen LogP contribution in [0, 0.1) is 0 Å². The molecular weight excluding hydrogens is 128 g/mol. The zero-order valence-electron chi connectivity index (χ0n) is 4.96. The normalized spacial score (nSPS) is 11.4. The van der Waals surface area contributed by atoms with Gasteiger partial charge in [-0.2, -0.15) is 0 Å². The Morgan fingerprint density at radius 1 is 1.62 bits per heavy atom. The Kier molecular flexibility index (Phi) is 4.91. The van der Waals surface area contributed by atoms with Gasteiger partial charge in [0.1, 0.15) is 0 Å². The highest BCUT2D eigenvalue weighted by Gasteiger charge is 2.04. The molecule has 0 atom stereocenters. The third kappa shape index (κ3) is 9.21. The number of hydrogen-bond acceptors (Lipinski definition) is 3. The molecule has 0 heterocycles. The van der Waals surface area contributed by atoms with Gasteiger partial charge >= 0.3 is 0 Å². The minimum atomic E-state index is -0.491. The zero-order chi connectivity index (χ0) is 5.91. The fraction of sp³-hybridized carbons (Fsp3) is 0.750. The molecule has 0 saturated heterocycles. The lowest BCUT2D eigenvalue weighted by molar-refractivity contribution is 0.318. The maximum atomic E-state index is 7.89. The van der Waals surface area contributed by atoms with Crippen molar-refractivity contribution in [2.45, 2.75) is 19.4 Å². The molecule has 0 aromatic rings. The third-order valence-corrected chi connectivity index (χ3v) is 0.390. The molecule has 0 unspecified atom stereocenters. The van der Waals surface area contributed by atoms with Gasteiger partial charge in [-0.3, -0.25) is 0 Å². The molecule has 0 radical (unpaired) electrons. The molecule has 0 aliphatic heterocycles. The molecule has 0 fully saturated rings. The summed E-state index contributed by atoms with van der Waals surface area (Å²) < 4.78 is 0. The molecule has 0 aliphatic rings. The van der Waals surface area contributed by atoms with Gasteiger partial charge in [0.2, 0.25) is 0 Å². The van der Waals surface area contributed by atoms with Crippen molar-refractivity contribution < 1.29 is 5.21 Å². The van der Waals surface area contributed by atoms with E-state index in [0.717, 1.165) is 0 Å². The van der Waals surface area contributed by atoms with Crippen LogP contribution < -0.4 is 5.73 Å². The maximum Gasteiger partial charge on any atom is 0.0629 e. The monoisotopic (exact) mass is 138 g/mol. The lowest BCUT2D eigenvalue weighted by atomic mass is 10.1. The first-order valence-electron chi connectivity index (χ1n) is 2.04. The van der Waals surface area contributed by atoms with Gasteiger partial charge in [-0.05, 0) is 13.8 Å². The van der Waals surface area contributed by atoms with Gasteiger partial charge in [0.15, 0.2) is 0 Å². The molecule has 8 heavy (non-hydrogen) atoms. The van der Waals surface area contributed by atoms with Crippen LogP contribution in [0.1, 0.15) is 13.8 Å². The molecule has 0 aliphatic carbocycles. The van der Waals surface area contributed by atoms with Gasteiger partial charge in [0.05, 0.1) is 6.21 Å². The first-order chi connectivity index (χ1) is 3.06. The Balaban J connectivity index is 0. The molecule has 0 aromatic heterocycles. The van der Waals surface area contributed by atoms with Crippen LogP contribution in [0.25, 0.3) is 0 Å². The van der Waals surface area contributed by atoms with E-state index in [2.05, 4.69) is 5.16 Å². The number of oxime groups is 1. The Morgan fingerprint density at radius 2 is 2.00 bits per heavy atom. The summed E-state index contributed by atoms with van der Waals surface area (Å²) in [5, 5.41) is 10.6. The van der Waals surface area contributed by atoms with Gasteiger partial charge < -0.3 is 10.9 Å². The summed E-state index contributed by atoms with van der Waals surface area (Å²) in [5.74, 6) is 0. The summed E-state index contributed by atoms with van der Waals surface area (Å²) in [6, 6.07) is 0. The predicted molar refractivity (Wildman–Crippen MR) is 35.8 cm³/mol. The van der Waals surface area contributed by atoms with Crippen LogP contribution >= 0.6 is 12.4 Å². The zero-order valence-corrected chi connectivity index (χ0v) is 5.77. The van der Waals surface area contributed by atoms with Crippen molar-refractivity contribution in [2.75, 3.05) is 0 Å². The van der Waals surface area contributed by atoms with Crippen LogP contribution in [0.4, 0.5) is 0 Å². The first kappa shape index (κ1) is 10.7. The quantitative estimate of drug-likeness (QED) is 0.317. The van der Waals surface area contributed by atoms with E-state index in [-0.39, 0.29) is 12.4 Å². The Morgan fingerprint density at radius 3 is 2.00 bits per heavy atom. The third-order valence-electron chi connectivity index (χ3n) is 0.390. The van der Waals surface area contributed by atoms with Gasteiger partial charge in [-0.1, -0.05) is 0 Å². The SMILES string of the molecule is CC(C)(N)C=NO.Cl. The van der Waals surface area contributed by atoms with E-state index in [1.54, 1.807) is 13.8 Å². The molecule has 0 saturated carbocycles. The summed E-state index contributed by atoms with van der Waals surface area (Å²) in [6.45, 7) is 3.49. The second kappa shape index (κ2) is 3.69. The van der Waals surface area contributed by atoms with Crippen molar-refractivity contribution >= 4 is 18.6 Å². The smallest absolute Gasteiger partial charge is 0.0629 e. The lowest BCUT2D eigenvalue weighted by Crippen LogP contribution is -2.33. The van der Waals surface area contributed by atoms with Crippen molar-refractivity contribution in [2.24, 2.45) is 10.9 Å². The summed E-state index contributed by atoms with van der Waals surface area (Å²) >= 11 is 0. The van der Waals surface area contributed by atoms with Gasteiger partial charge in [-0.15, -0.1) is 17.6 Å². The fourth-order valence-electron chi connectivity index (χ4n) is 0.149. The predicted octanol–water partition coefficient (Wildman–Crippen LogP) is 0.605. The highest BCUT2D eigenvalue weighted by Crippen LogP contribution is 1.87. The first-order valence-corrected chi connectivity index (χ1v) is 2.04. The number of nitrogens with two attached hydrogens (primary N) is 1. The Bertz CT molecular complexity index is 76.6. The maximum absolute atomic E-state index is 7.89.